The first-order chi connectivity index (χ1) is 43.0. The summed E-state index contributed by atoms with van der Waals surface area (Å²) in [5.74, 6) is -0.201. The number of allylic oxidation sites excluding steroid dienone is 11. The van der Waals surface area contributed by atoms with Crippen LogP contribution < -0.4 is 10.2 Å². The van der Waals surface area contributed by atoms with Gasteiger partial charge in [0.1, 0.15) is 13.2 Å². The van der Waals surface area contributed by atoms with Gasteiger partial charge in [0.15, 0.2) is 0 Å². The first kappa shape index (κ1) is 85.9. The molecule has 516 valence electrons. The monoisotopic (exact) mass is 1250 g/mol. The quantitative estimate of drug-likeness (QED) is 0.0272. The molecule has 88 heavy (non-hydrogen) atoms. The van der Waals surface area contributed by atoms with Crippen molar-refractivity contribution < 1.29 is 32.9 Å². The Morgan fingerprint density at radius 1 is 0.409 bits per heavy atom. The van der Waals surface area contributed by atoms with Gasteiger partial charge in [-0.25, -0.2) is 0 Å². The molecule has 0 bridgehead atoms. The van der Waals surface area contributed by atoms with Crippen LogP contribution in [-0.4, -0.2) is 68.5 Å². The van der Waals surface area contributed by atoms with E-state index in [2.05, 4.69) is 79.9 Å². The van der Waals surface area contributed by atoms with Gasteiger partial charge in [0.05, 0.1) is 39.9 Å². The van der Waals surface area contributed by atoms with E-state index < -0.39 is 26.6 Å². The van der Waals surface area contributed by atoms with Crippen molar-refractivity contribution >= 4 is 13.7 Å². The molecule has 0 radical (unpaired) electrons. The number of rotatable bonds is 71. The van der Waals surface area contributed by atoms with Gasteiger partial charge >= 0.3 is 0 Å². The van der Waals surface area contributed by atoms with Crippen LogP contribution in [0, 0.1) is 0 Å². The van der Waals surface area contributed by atoms with Crippen LogP contribution >= 0.6 is 7.82 Å². The summed E-state index contributed by atoms with van der Waals surface area (Å²) < 4.78 is 23.5. The van der Waals surface area contributed by atoms with Gasteiger partial charge in [0.2, 0.25) is 5.91 Å². The normalized spacial score (nSPS) is 13.9. The second-order valence-electron chi connectivity index (χ2n) is 27.3. The first-order valence-corrected chi connectivity index (χ1v) is 39.8. The number of amides is 1. The Morgan fingerprint density at radius 3 is 1.06 bits per heavy atom. The highest BCUT2D eigenvalue weighted by atomic mass is 31.2. The number of likely N-dealkylation sites (N-methyl/N-ethyl adjacent to an activating group) is 1. The fraction of sp³-hybridized carbons (Fsp3) is 0.835. The number of aliphatic hydroxyl groups is 1. The number of carbonyl (C=O) groups excluding carboxylic acids is 1. The van der Waals surface area contributed by atoms with E-state index in [0.717, 1.165) is 64.2 Å². The number of phosphoric ester groups is 1. The molecule has 0 aliphatic carbocycles. The van der Waals surface area contributed by atoms with Crippen LogP contribution in [0.5, 0.6) is 0 Å². The van der Waals surface area contributed by atoms with Gasteiger partial charge in [-0.3, -0.25) is 9.36 Å². The number of quaternary nitrogens is 1. The molecule has 8 nitrogen and oxygen atoms in total. The minimum atomic E-state index is -4.62. The zero-order chi connectivity index (χ0) is 64.1. The van der Waals surface area contributed by atoms with Crippen molar-refractivity contribution in [1.29, 1.82) is 0 Å². The maximum atomic E-state index is 13.1. The number of unbranched alkanes of at least 4 members (excludes halogenated alkanes) is 48. The minimum Gasteiger partial charge on any atom is -0.756 e. The molecule has 3 atom stereocenters. The lowest BCUT2D eigenvalue weighted by Gasteiger charge is -2.29. The summed E-state index contributed by atoms with van der Waals surface area (Å²) in [5.41, 5.74) is 0. The Morgan fingerprint density at radius 2 is 0.705 bits per heavy atom. The van der Waals surface area contributed by atoms with Gasteiger partial charge in [-0.15, -0.1) is 0 Å². The fourth-order valence-corrected chi connectivity index (χ4v) is 12.2. The van der Waals surface area contributed by atoms with Crippen molar-refractivity contribution in [3.63, 3.8) is 0 Å². The van der Waals surface area contributed by atoms with Crippen molar-refractivity contribution in [3.05, 3.63) is 72.9 Å². The van der Waals surface area contributed by atoms with Crippen LogP contribution in [0.3, 0.4) is 0 Å². The molecule has 0 aromatic rings. The van der Waals surface area contributed by atoms with E-state index in [9.17, 15) is 19.4 Å². The van der Waals surface area contributed by atoms with E-state index in [0.29, 0.717) is 17.4 Å². The lowest BCUT2D eigenvalue weighted by molar-refractivity contribution is -0.870. The maximum absolute atomic E-state index is 13.1. The van der Waals surface area contributed by atoms with Crippen LogP contribution in [0.1, 0.15) is 373 Å². The first-order valence-electron chi connectivity index (χ1n) is 38.3. The highest BCUT2D eigenvalue weighted by Gasteiger charge is 2.23. The molecule has 0 fully saturated rings. The van der Waals surface area contributed by atoms with Crippen molar-refractivity contribution in [2.75, 3.05) is 40.9 Å². The van der Waals surface area contributed by atoms with E-state index in [1.165, 1.54) is 289 Å². The van der Waals surface area contributed by atoms with Crippen LogP contribution in [0.4, 0.5) is 0 Å². The second kappa shape index (κ2) is 69.3. The Labute approximate surface area is 548 Å². The summed E-state index contributed by atoms with van der Waals surface area (Å²) in [6, 6.07) is -0.906. The van der Waals surface area contributed by atoms with Crippen LogP contribution in [0.2, 0.25) is 0 Å². The third kappa shape index (κ3) is 71.4. The number of nitrogens with one attached hydrogen (secondary N) is 1. The van der Waals surface area contributed by atoms with Crippen LogP contribution in [0.15, 0.2) is 72.9 Å². The predicted molar refractivity (Wildman–Crippen MR) is 385 cm³/mol. The Bertz CT molecular complexity index is 1670. The van der Waals surface area contributed by atoms with E-state index in [1.807, 2.05) is 27.2 Å². The largest absolute Gasteiger partial charge is 0.756 e. The van der Waals surface area contributed by atoms with E-state index in [4.69, 9.17) is 9.05 Å². The molecule has 2 N–H and O–H groups in total. The maximum Gasteiger partial charge on any atom is 0.268 e. The lowest BCUT2D eigenvalue weighted by Crippen LogP contribution is -2.45. The van der Waals surface area contributed by atoms with E-state index in [-0.39, 0.29) is 12.5 Å². The average molecular weight is 1250 g/mol. The third-order valence-electron chi connectivity index (χ3n) is 17.4. The smallest absolute Gasteiger partial charge is 0.268 e. The summed E-state index contributed by atoms with van der Waals surface area (Å²) in [7, 11) is 1.26. The molecule has 0 saturated carbocycles. The molecule has 0 aliphatic rings. The lowest BCUT2D eigenvalue weighted by atomic mass is 10.0. The molecule has 1 amide bonds. The highest BCUT2D eigenvalue weighted by Crippen LogP contribution is 2.38. The summed E-state index contributed by atoms with van der Waals surface area (Å²) in [6.07, 6.45) is 97.8. The Kier molecular flexibility index (Phi) is 67.7. The number of carbonyl (C=O) groups is 1. The Hall–Kier alpha value is -2.06. The molecule has 0 aromatic carbocycles. The summed E-state index contributed by atoms with van der Waals surface area (Å²) >= 11 is 0. The van der Waals surface area contributed by atoms with Crippen molar-refractivity contribution in [1.82, 2.24) is 5.32 Å². The predicted octanol–water partition coefficient (Wildman–Crippen LogP) is 24.3. The van der Waals surface area contributed by atoms with Crippen molar-refractivity contribution in [3.8, 4) is 0 Å². The van der Waals surface area contributed by atoms with Gasteiger partial charge in [-0.2, -0.15) is 0 Å². The average Bonchev–Trinajstić information content (AvgIpc) is 3.64. The number of phosphoric acid groups is 1. The number of hydrogen-bond donors (Lipinski definition) is 2. The SMILES string of the molecule is CC/C=C\C/C=C\C/C=C\C/C=C\CCCCCCCCCCCCCCCCCCCCCCCCC(=O)NC(COP(=O)([O-])OCC[N+](C)(C)C)C(O)/C=C/CC/C=C/CCCCCCCCCCCCCCCCCCCCCCCCCCC. The standard InChI is InChI=1S/C79H149N2O6P/c1-6-8-10-12-14-16-18-20-22-24-26-28-30-32-34-36-38-39-40-41-43-45-47-49-51-53-55-57-59-61-63-65-67-69-71-73-79(83)80-77(76-87-88(84,85)86-75-74-81(3,4)5)78(82)72-70-68-66-64-62-60-58-56-54-52-50-48-46-44-42-37-35-33-31-29-27-25-23-21-19-17-15-13-11-9-7-2/h8,10,14,16,20,22,26,28,62,64,70,72,77-78,82H,6-7,9,11-13,15,17-19,21,23-25,27,29-61,63,65-69,71,73-76H2,1-5H3,(H-,80,83,84,85)/b10-8-,16-14-,22-20-,28-26-,64-62+,72-70+. The van der Waals surface area contributed by atoms with Crippen molar-refractivity contribution in [2.45, 2.75) is 386 Å². The zero-order valence-electron chi connectivity index (χ0n) is 59.2. The molecular formula is C79H149N2O6P. The molecule has 0 heterocycles. The van der Waals surface area contributed by atoms with Crippen LogP contribution in [-0.2, 0) is 18.4 Å². The zero-order valence-corrected chi connectivity index (χ0v) is 60.1. The van der Waals surface area contributed by atoms with E-state index >= 15 is 0 Å². The van der Waals surface area contributed by atoms with E-state index in [1.54, 1.807) is 6.08 Å². The molecule has 0 aliphatic heterocycles. The molecule has 0 spiro atoms. The minimum absolute atomic E-state index is 0.00610. The highest BCUT2D eigenvalue weighted by molar-refractivity contribution is 7.45. The Balaban J connectivity index is 4.01. The summed E-state index contributed by atoms with van der Waals surface area (Å²) in [4.78, 5) is 25.7. The topological polar surface area (TPSA) is 108 Å². The molecule has 0 aromatic heterocycles. The second-order valence-corrected chi connectivity index (χ2v) is 28.7. The van der Waals surface area contributed by atoms with Gasteiger partial charge in [-0.05, 0) is 70.6 Å². The van der Waals surface area contributed by atoms with Gasteiger partial charge in [0, 0.05) is 6.42 Å². The number of hydrogen-bond acceptors (Lipinski definition) is 6. The van der Waals surface area contributed by atoms with Gasteiger partial charge in [-0.1, -0.05) is 369 Å². The van der Waals surface area contributed by atoms with Gasteiger partial charge in [0.25, 0.3) is 7.82 Å². The van der Waals surface area contributed by atoms with Crippen molar-refractivity contribution in [2.24, 2.45) is 0 Å². The number of nitrogens with zero attached hydrogens (tertiary/aromatic N) is 1. The molecule has 3 unspecified atom stereocenters. The molecule has 9 heteroatoms. The summed E-state index contributed by atoms with van der Waals surface area (Å²) in [5, 5.41) is 14.0. The number of aliphatic hydroxyl groups excluding tert-OH is 1. The fourth-order valence-electron chi connectivity index (χ4n) is 11.5. The summed E-state index contributed by atoms with van der Waals surface area (Å²) in [6.45, 7) is 4.57. The molecule has 0 saturated heterocycles. The molecular weight excluding hydrogens is 1100 g/mol. The van der Waals surface area contributed by atoms with Crippen LogP contribution in [0.25, 0.3) is 0 Å². The third-order valence-corrected chi connectivity index (χ3v) is 18.4. The molecule has 0 rings (SSSR count). The van der Waals surface area contributed by atoms with Gasteiger partial charge < -0.3 is 28.8 Å².